The Labute approximate surface area is 89.8 Å². The summed E-state index contributed by atoms with van der Waals surface area (Å²) in [5, 5.41) is 4.08. The van der Waals surface area contributed by atoms with Crippen LogP contribution in [0.5, 0.6) is 0 Å². The summed E-state index contributed by atoms with van der Waals surface area (Å²) in [7, 11) is 0. The van der Waals surface area contributed by atoms with Crippen molar-refractivity contribution in [2.45, 2.75) is 18.9 Å². The lowest BCUT2D eigenvalue weighted by atomic mass is 10.2. The van der Waals surface area contributed by atoms with Crippen LogP contribution in [0.25, 0.3) is 0 Å². The minimum absolute atomic E-state index is 0.460. The van der Waals surface area contributed by atoms with Gasteiger partial charge in [-0.2, -0.15) is 0 Å². The first kappa shape index (κ1) is 9.75. The highest BCUT2D eigenvalue weighted by Crippen LogP contribution is 2.30. The number of nitrogens with one attached hydrogen (secondary N) is 1. The molecule has 2 rings (SSSR count). The molecule has 0 unspecified atom stereocenters. The standard InChI is InChI=1S/C12H14ClN/c1-9(13)8-14-12-7-6-10-4-2-3-5-11(10)12/h2-5,12,14H,1,6-8H2/t12-/m1/s1/i6+1,7+1,12+1. The molecular weight excluding hydrogens is 197 g/mol. The Morgan fingerprint density at radius 3 is 3.07 bits per heavy atom. The fourth-order valence-electron chi connectivity index (χ4n) is 2.00. The lowest BCUT2D eigenvalue weighted by Crippen LogP contribution is -2.20. The van der Waals surface area contributed by atoms with Gasteiger partial charge in [-0.05, 0) is 24.0 Å². The van der Waals surface area contributed by atoms with Gasteiger partial charge in [0, 0.05) is 17.6 Å². The van der Waals surface area contributed by atoms with E-state index in [0.717, 1.165) is 0 Å². The van der Waals surface area contributed by atoms with Gasteiger partial charge in [0.25, 0.3) is 0 Å². The van der Waals surface area contributed by atoms with E-state index in [1.54, 1.807) is 0 Å². The zero-order valence-corrected chi connectivity index (χ0v) is 8.85. The Bertz CT molecular complexity index is 346. The summed E-state index contributed by atoms with van der Waals surface area (Å²) in [4.78, 5) is 0. The summed E-state index contributed by atoms with van der Waals surface area (Å²) in [6.07, 6.45) is 2.34. The van der Waals surface area contributed by atoms with E-state index >= 15 is 0 Å². The molecule has 1 aliphatic carbocycles. The van der Waals surface area contributed by atoms with E-state index in [4.69, 9.17) is 11.6 Å². The summed E-state index contributed by atoms with van der Waals surface area (Å²) in [5.41, 5.74) is 2.88. The van der Waals surface area contributed by atoms with Crippen molar-refractivity contribution < 1.29 is 0 Å². The predicted octanol–water partition coefficient (Wildman–Crippen LogP) is 3.02. The zero-order valence-electron chi connectivity index (χ0n) is 8.09. The third-order valence-corrected chi connectivity index (χ3v) is 2.81. The molecule has 2 heteroatoms. The first-order valence-electron chi connectivity index (χ1n) is 4.92. The van der Waals surface area contributed by atoms with Crippen LogP contribution in [0.2, 0.25) is 0 Å². The highest BCUT2D eigenvalue weighted by atomic mass is 35.5. The van der Waals surface area contributed by atoms with Gasteiger partial charge in [-0.1, -0.05) is 42.4 Å². The van der Waals surface area contributed by atoms with Gasteiger partial charge >= 0.3 is 0 Å². The fraction of sp³-hybridized carbons (Fsp3) is 0.333. The Kier molecular flexibility index (Phi) is 2.90. The number of fused-ring (bicyclic) bond motifs is 1. The van der Waals surface area contributed by atoms with Crippen LogP contribution >= 0.6 is 11.6 Å². The smallest absolute Gasteiger partial charge is 0.0329 e. The van der Waals surface area contributed by atoms with Gasteiger partial charge < -0.3 is 5.32 Å². The molecular formula is C12H14ClN. The molecule has 1 nitrogen and oxygen atoms in total. The predicted molar refractivity (Wildman–Crippen MR) is 60.5 cm³/mol. The molecule has 0 aliphatic heterocycles. The van der Waals surface area contributed by atoms with Crippen LogP contribution in [-0.4, -0.2) is 6.54 Å². The molecule has 1 aromatic rings. The molecule has 0 radical (unpaired) electrons. The molecule has 0 saturated carbocycles. The zero-order chi connectivity index (χ0) is 9.97. The fourth-order valence-corrected chi connectivity index (χ4v) is 2.08. The monoisotopic (exact) mass is 210 g/mol. The first-order chi connectivity index (χ1) is 6.77. The second-order valence-electron chi connectivity index (χ2n) is 3.69. The van der Waals surface area contributed by atoms with Crippen molar-refractivity contribution in [1.29, 1.82) is 0 Å². The third-order valence-electron chi connectivity index (χ3n) is 2.67. The molecule has 0 saturated heterocycles. The van der Waals surface area contributed by atoms with E-state index in [2.05, 4.69) is 36.2 Å². The largest absolute Gasteiger partial charge is 0.305 e. The maximum Gasteiger partial charge on any atom is 0.0329 e. The van der Waals surface area contributed by atoms with Crippen LogP contribution < -0.4 is 5.32 Å². The second kappa shape index (κ2) is 4.16. The minimum atomic E-state index is 0.460. The second-order valence-corrected chi connectivity index (χ2v) is 4.22. The van der Waals surface area contributed by atoms with E-state index in [0.29, 0.717) is 17.6 Å². The Morgan fingerprint density at radius 1 is 1.50 bits per heavy atom. The third kappa shape index (κ3) is 1.99. The molecule has 1 aromatic carbocycles. The molecule has 0 amide bonds. The maximum atomic E-state index is 5.73. The number of benzene rings is 1. The van der Waals surface area contributed by atoms with Crippen LogP contribution in [-0.2, 0) is 6.42 Å². The normalized spacial score (nSPS) is 19.4. The van der Waals surface area contributed by atoms with Crippen LogP contribution in [0.15, 0.2) is 35.9 Å². The quantitative estimate of drug-likeness (QED) is 0.757. The van der Waals surface area contributed by atoms with Crippen molar-refractivity contribution in [3.8, 4) is 0 Å². The Balaban J connectivity index is 2.07. The number of hydrogen-bond acceptors (Lipinski definition) is 1. The van der Waals surface area contributed by atoms with Crippen molar-refractivity contribution in [2.24, 2.45) is 0 Å². The number of aryl methyl sites for hydroxylation is 1. The summed E-state index contributed by atoms with van der Waals surface area (Å²) in [6, 6.07) is 9.04. The molecule has 0 fully saturated rings. The van der Waals surface area contributed by atoms with Crippen LogP contribution in [0, 0.1) is 0 Å². The number of halogens is 1. The summed E-state index contributed by atoms with van der Waals surface area (Å²) in [6.45, 7) is 4.37. The lowest BCUT2D eigenvalue weighted by Gasteiger charge is -2.12. The Hall–Kier alpha value is -0.790. The van der Waals surface area contributed by atoms with Crippen molar-refractivity contribution in [1.82, 2.24) is 5.32 Å². The van der Waals surface area contributed by atoms with Gasteiger partial charge in [-0.25, -0.2) is 0 Å². The van der Waals surface area contributed by atoms with Crippen LogP contribution in [0.4, 0.5) is 0 Å². The van der Waals surface area contributed by atoms with Crippen molar-refractivity contribution in [3.05, 3.63) is 47.0 Å². The molecule has 0 bridgehead atoms. The summed E-state index contributed by atoms with van der Waals surface area (Å²) in [5.74, 6) is 0. The molecule has 74 valence electrons. The molecule has 0 heterocycles. The van der Waals surface area contributed by atoms with Gasteiger partial charge in [0.2, 0.25) is 0 Å². The van der Waals surface area contributed by atoms with E-state index in [-0.39, 0.29) is 0 Å². The highest BCUT2D eigenvalue weighted by molar-refractivity contribution is 6.29. The molecule has 14 heavy (non-hydrogen) atoms. The molecule has 0 aromatic heterocycles. The van der Waals surface area contributed by atoms with Crippen LogP contribution in [0.1, 0.15) is 23.6 Å². The average Bonchev–Trinajstić information content (AvgIpc) is 2.58. The van der Waals surface area contributed by atoms with E-state index in [1.807, 2.05) is 0 Å². The van der Waals surface area contributed by atoms with Crippen molar-refractivity contribution >= 4 is 11.6 Å². The van der Waals surface area contributed by atoms with Gasteiger partial charge in [-0.15, -0.1) is 0 Å². The Morgan fingerprint density at radius 2 is 2.29 bits per heavy atom. The van der Waals surface area contributed by atoms with Crippen molar-refractivity contribution in [3.63, 3.8) is 0 Å². The van der Waals surface area contributed by atoms with Gasteiger partial charge in [0.05, 0.1) is 0 Å². The average molecular weight is 211 g/mol. The SMILES string of the molecule is C=C(Cl)CN[13C@@H]1[13CH2][13CH2]c2ccccc21. The summed E-state index contributed by atoms with van der Waals surface area (Å²) < 4.78 is 0. The van der Waals surface area contributed by atoms with Crippen molar-refractivity contribution in [2.75, 3.05) is 6.54 Å². The summed E-state index contributed by atoms with van der Waals surface area (Å²) >= 11 is 5.73. The molecule has 1 aliphatic rings. The topological polar surface area (TPSA) is 12.0 Å². The molecule has 1 N–H and O–H groups in total. The highest BCUT2D eigenvalue weighted by Gasteiger charge is 2.20. The number of rotatable bonds is 3. The number of hydrogen-bond donors (Lipinski definition) is 1. The van der Waals surface area contributed by atoms with Crippen LogP contribution in [0.3, 0.4) is 0 Å². The van der Waals surface area contributed by atoms with Gasteiger partial charge in [-0.3, -0.25) is 0 Å². The van der Waals surface area contributed by atoms with E-state index in [9.17, 15) is 0 Å². The van der Waals surface area contributed by atoms with E-state index in [1.165, 1.54) is 24.0 Å². The molecule has 1 atom stereocenters. The maximum absolute atomic E-state index is 5.73. The minimum Gasteiger partial charge on any atom is -0.305 e. The molecule has 0 spiro atoms. The lowest BCUT2D eigenvalue weighted by molar-refractivity contribution is 0.562. The first-order valence-corrected chi connectivity index (χ1v) is 5.29. The van der Waals surface area contributed by atoms with E-state index < -0.39 is 0 Å². The van der Waals surface area contributed by atoms with Gasteiger partial charge in [0.15, 0.2) is 0 Å². The van der Waals surface area contributed by atoms with Gasteiger partial charge in [0.1, 0.15) is 0 Å².